The number of methoxy groups -OCH3 is 1. The molecule has 1 rings (SSSR count). The van der Waals surface area contributed by atoms with Crippen LogP contribution in [-0.2, 0) is 0 Å². The van der Waals surface area contributed by atoms with Crippen LogP contribution in [0, 0.1) is 0 Å². The molecule has 0 bridgehead atoms. The molecular weight excluding hydrogens is 224 g/mol. The molecule has 18 heavy (non-hydrogen) atoms. The lowest BCUT2D eigenvalue weighted by Crippen LogP contribution is -3.16. The van der Waals surface area contributed by atoms with E-state index in [4.69, 9.17) is 4.74 Å². The van der Waals surface area contributed by atoms with Crippen LogP contribution in [0.3, 0.4) is 0 Å². The molecule has 0 saturated carbocycles. The summed E-state index contributed by atoms with van der Waals surface area (Å²) in [7, 11) is 8.33. The van der Waals surface area contributed by atoms with Crippen molar-refractivity contribution in [3.8, 4) is 5.75 Å². The molecule has 1 unspecified atom stereocenters. The highest BCUT2D eigenvalue weighted by Crippen LogP contribution is 2.18. The Morgan fingerprint density at radius 3 is 2.50 bits per heavy atom. The minimum atomic E-state index is 0.934. The van der Waals surface area contributed by atoms with E-state index in [1.165, 1.54) is 22.9 Å². The fourth-order valence-electron chi connectivity index (χ4n) is 1.76. The lowest BCUT2D eigenvalue weighted by Gasteiger charge is -2.13. The summed E-state index contributed by atoms with van der Waals surface area (Å²) in [5, 5.41) is 0. The maximum absolute atomic E-state index is 5.32. The average molecular weight is 250 g/mol. The zero-order chi connectivity index (χ0) is 13.4. The van der Waals surface area contributed by atoms with Crippen molar-refractivity contribution in [2.45, 2.75) is 0 Å². The van der Waals surface area contributed by atoms with Crippen LogP contribution in [0.25, 0.3) is 6.08 Å². The van der Waals surface area contributed by atoms with Gasteiger partial charge in [-0.2, -0.15) is 0 Å². The van der Waals surface area contributed by atoms with Gasteiger partial charge in [-0.05, 0) is 18.2 Å². The van der Waals surface area contributed by atoms with Gasteiger partial charge in [0.05, 0.1) is 34.8 Å². The van der Waals surface area contributed by atoms with E-state index in [9.17, 15) is 0 Å². The Balaban J connectivity index is 2.44. The number of nitrogens with one attached hydrogen (secondary N) is 2. The zero-order valence-electron chi connectivity index (χ0n) is 12.0. The van der Waals surface area contributed by atoms with Crippen LogP contribution in [0.5, 0.6) is 5.75 Å². The molecular formula is C15H26N2O+2. The monoisotopic (exact) mass is 250 g/mol. The van der Waals surface area contributed by atoms with Gasteiger partial charge in [-0.3, -0.25) is 0 Å². The van der Waals surface area contributed by atoms with E-state index in [0.29, 0.717) is 0 Å². The summed E-state index contributed by atoms with van der Waals surface area (Å²) in [6.07, 6.45) is 4.36. The van der Waals surface area contributed by atoms with Crippen molar-refractivity contribution in [2.24, 2.45) is 0 Å². The fourth-order valence-corrected chi connectivity index (χ4v) is 1.76. The van der Waals surface area contributed by atoms with Gasteiger partial charge in [0.1, 0.15) is 18.8 Å². The first-order chi connectivity index (χ1) is 8.63. The van der Waals surface area contributed by atoms with Crippen molar-refractivity contribution >= 4 is 6.08 Å². The predicted molar refractivity (Wildman–Crippen MR) is 76.3 cm³/mol. The molecule has 0 saturated heterocycles. The van der Waals surface area contributed by atoms with Crippen LogP contribution in [0.2, 0.25) is 0 Å². The van der Waals surface area contributed by atoms with Gasteiger partial charge in [0.25, 0.3) is 0 Å². The second-order valence-electron chi connectivity index (χ2n) is 5.01. The van der Waals surface area contributed by atoms with Gasteiger partial charge in [-0.25, -0.2) is 0 Å². The molecule has 2 N–H and O–H groups in total. The van der Waals surface area contributed by atoms with Crippen LogP contribution in [0.15, 0.2) is 30.3 Å². The maximum atomic E-state index is 5.32. The van der Waals surface area contributed by atoms with Gasteiger partial charge in [0.2, 0.25) is 0 Å². The molecule has 0 aliphatic carbocycles. The van der Waals surface area contributed by atoms with Crippen molar-refractivity contribution < 1.29 is 14.5 Å². The molecule has 100 valence electrons. The predicted octanol–water partition coefficient (Wildman–Crippen LogP) is -0.632. The van der Waals surface area contributed by atoms with Gasteiger partial charge in [-0.1, -0.05) is 18.2 Å². The number of benzene rings is 1. The average Bonchev–Trinajstić information content (AvgIpc) is 2.37. The number of para-hydroxylation sites is 1. The molecule has 0 aromatic heterocycles. The summed E-state index contributed by atoms with van der Waals surface area (Å²) in [4.78, 5) is 3.03. The minimum absolute atomic E-state index is 0.934. The molecule has 1 atom stereocenters. The van der Waals surface area contributed by atoms with Crippen molar-refractivity contribution in [1.29, 1.82) is 0 Å². The molecule has 1 aromatic carbocycles. The van der Waals surface area contributed by atoms with E-state index in [-0.39, 0.29) is 0 Å². The summed E-state index contributed by atoms with van der Waals surface area (Å²) in [6.45, 7) is 3.44. The Bertz CT molecular complexity index is 375. The standard InChI is InChI=1S/C15H24N2O/c1-16(2)12-13-17(3)11-7-9-14-8-5-6-10-15(14)18-4/h5-10H,11-13H2,1-4H3/p+2/b9-7+. The van der Waals surface area contributed by atoms with Gasteiger partial charge in [-0.15, -0.1) is 0 Å². The second-order valence-corrected chi connectivity index (χ2v) is 5.01. The highest BCUT2D eigenvalue weighted by molar-refractivity contribution is 5.57. The first kappa shape index (κ1) is 14.7. The molecule has 0 heterocycles. The number of ether oxygens (including phenoxy) is 1. The molecule has 0 spiro atoms. The summed E-state index contributed by atoms with van der Waals surface area (Å²) in [5.74, 6) is 0.934. The van der Waals surface area contributed by atoms with Crippen LogP contribution >= 0.6 is 0 Å². The van der Waals surface area contributed by atoms with Crippen molar-refractivity contribution in [1.82, 2.24) is 0 Å². The smallest absolute Gasteiger partial charge is 0.127 e. The third kappa shape index (κ3) is 5.34. The first-order valence-corrected chi connectivity index (χ1v) is 6.53. The summed E-state index contributed by atoms with van der Waals surface area (Å²) in [5.41, 5.74) is 1.14. The third-order valence-electron chi connectivity index (χ3n) is 2.95. The van der Waals surface area contributed by atoms with Crippen LogP contribution < -0.4 is 14.5 Å². The number of hydrogen-bond acceptors (Lipinski definition) is 1. The molecule has 0 radical (unpaired) electrons. The fraction of sp³-hybridized carbons (Fsp3) is 0.467. The Morgan fingerprint density at radius 2 is 1.83 bits per heavy atom. The van der Waals surface area contributed by atoms with Crippen LogP contribution in [0.1, 0.15) is 5.56 Å². The molecule has 0 aliphatic heterocycles. The largest absolute Gasteiger partial charge is 0.496 e. The van der Waals surface area contributed by atoms with E-state index in [2.05, 4.69) is 39.4 Å². The number of quaternary nitrogens is 2. The molecule has 3 nitrogen and oxygen atoms in total. The molecule has 3 heteroatoms. The Morgan fingerprint density at radius 1 is 1.11 bits per heavy atom. The topological polar surface area (TPSA) is 18.1 Å². The van der Waals surface area contributed by atoms with E-state index in [0.717, 1.165) is 17.9 Å². The van der Waals surface area contributed by atoms with Crippen molar-refractivity contribution in [3.05, 3.63) is 35.9 Å². The van der Waals surface area contributed by atoms with Crippen LogP contribution in [-0.4, -0.2) is 47.9 Å². The molecule has 0 aliphatic rings. The number of likely N-dealkylation sites (N-methyl/N-ethyl adjacent to an activating group) is 2. The first-order valence-electron chi connectivity index (χ1n) is 6.53. The quantitative estimate of drug-likeness (QED) is 0.659. The number of hydrogen-bond donors (Lipinski definition) is 2. The van der Waals surface area contributed by atoms with Gasteiger partial charge < -0.3 is 14.5 Å². The normalized spacial score (nSPS) is 13.2. The Hall–Kier alpha value is -1.32. The van der Waals surface area contributed by atoms with Gasteiger partial charge in [0, 0.05) is 5.56 Å². The summed E-state index contributed by atoms with van der Waals surface area (Å²) >= 11 is 0. The maximum Gasteiger partial charge on any atom is 0.127 e. The zero-order valence-corrected chi connectivity index (χ0v) is 12.0. The SMILES string of the molecule is COc1ccccc1/C=C/C[NH+](C)CC[NH+](C)C. The third-order valence-corrected chi connectivity index (χ3v) is 2.95. The highest BCUT2D eigenvalue weighted by atomic mass is 16.5. The van der Waals surface area contributed by atoms with E-state index in [1.54, 1.807) is 7.11 Å². The molecule has 1 aromatic rings. The lowest BCUT2D eigenvalue weighted by molar-refractivity contribution is -0.926. The van der Waals surface area contributed by atoms with E-state index in [1.807, 2.05) is 18.2 Å². The summed E-state index contributed by atoms with van der Waals surface area (Å²) in [6, 6.07) is 8.10. The van der Waals surface area contributed by atoms with Gasteiger partial charge in [0.15, 0.2) is 0 Å². The Kier molecular flexibility index (Phi) is 6.47. The molecule has 0 amide bonds. The highest BCUT2D eigenvalue weighted by Gasteiger charge is 2.02. The Labute approximate surface area is 111 Å². The summed E-state index contributed by atoms with van der Waals surface area (Å²) < 4.78 is 5.32. The lowest BCUT2D eigenvalue weighted by atomic mass is 10.2. The second kappa shape index (κ2) is 7.90. The van der Waals surface area contributed by atoms with E-state index < -0.39 is 0 Å². The molecule has 0 fully saturated rings. The van der Waals surface area contributed by atoms with Crippen LogP contribution in [0.4, 0.5) is 0 Å². The van der Waals surface area contributed by atoms with E-state index >= 15 is 0 Å². The van der Waals surface area contributed by atoms with Gasteiger partial charge >= 0.3 is 0 Å². The van der Waals surface area contributed by atoms with Crippen molar-refractivity contribution in [2.75, 3.05) is 47.9 Å². The minimum Gasteiger partial charge on any atom is -0.496 e. The van der Waals surface area contributed by atoms with Crippen molar-refractivity contribution in [3.63, 3.8) is 0 Å². The number of rotatable bonds is 7.